The second-order valence-corrected chi connectivity index (χ2v) is 5.50. The van der Waals surface area contributed by atoms with Gasteiger partial charge in [0.1, 0.15) is 0 Å². The van der Waals surface area contributed by atoms with Gasteiger partial charge >= 0.3 is 5.97 Å². The predicted octanol–water partition coefficient (Wildman–Crippen LogP) is 3.20. The summed E-state index contributed by atoms with van der Waals surface area (Å²) in [6.07, 6.45) is 5.06. The minimum Gasteiger partial charge on any atom is -0.449 e. The van der Waals surface area contributed by atoms with Gasteiger partial charge in [0.25, 0.3) is 0 Å². The fraction of sp³-hybridized carbons (Fsp3) is 0.0588. The quantitative estimate of drug-likeness (QED) is 0.414. The first-order valence-electron chi connectivity index (χ1n) is 6.27. The smallest absolute Gasteiger partial charge is 0.339 e. The number of carbonyl (C=O) groups is 1. The molecule has 0 unspecified atom stereocenters. The number of terminal acetylenes is 1. The highest BCUT2D eigenvalue weighted by Crippen LogP contribution is 2.25. The van der Waals surface area contributed by atoms with Crippen LogP contribution >= 0.6 is 11.3 Å². The summed E-state index contributed by atoms with van der Waals surface area (Å²) in [5.74, 6) is 1.72. The van der Waals surface area contributed by atoms with Crippen LogP contribution in [0.25, 0.3) is 20.2 Å². The van der Waals surface area contributed by atoms with Gasteiger partial charge in [-0.25, -0.2) is 4.79 Å². The lowest BCUT2D eigenvalue weighted by Gasteiger charge is -2.04. The Morgan fingerprint density at radius 3 is 2.71 bits per heavy atom. The molecular formula is C17H10O3S. The SMILES string of the molecule is C#CCOC(=O)c1ccc2sc3ccccc3c(=O)c2c1. The second kappa shape index (κ2) is 5.39. The third-order valence-corrected chi connectivity index (χ3v) is 4.25. The van der Waals surface area contributed by atoms with E-state index in [0.29, 0.717) is 16.3 Å². The average molecular weight is 294 g/mol. The molecule has 0 amide bonds. The molecule has 102 valence electrons. The summed E-state index contributed by atoms with van der Waals surface area (Å²) in [5.41, 5.74) is 0.253. The zero-order chi connectivity index (χ0) is 14.8. The van der Waals surface area contributed by atoms with Gasteiger partial charge in [-0.1, -0.05) is 18.1 Å². The number of rotatable bonds is 2. The third-order valence-electron chi connectivity index (χ3n) is 3.10. The van der Waals surface area contributed by atoms with Gasteiger partial charge in [-0.15, -0.1) is 17.8 Å². The van der Waals surface area contributed by atoms with Gasteiger partial charge in [0.2, 0.25) is 0 Å². The van der Waals surface area contributed by atoms with Crippen molar-refractivity contribution in [2.24, 2.45) is 0 Å². The Labute approximate surface area is 124 Å². The molecule has 21 heavy (non-hydrogen) atoms. The lowest BCUT2D eigenvalue weighted by atomic mass is 10.1. The van der Waals surface area contributed by atoms with E-state index < -0.39 is 5.97 Å². The van der Waals surface area contributed by atoms with Crippen LogP contribution in [0.5, 0.6) is 0 Å². The maximum atomic E-state index is 12.5. The van der Waals surface area contributed by atoms with Crippen molar-refractivity contribution in [2.75, 3.05) is 6.61 Å². The summed E-state index contributed by atoms with van der Waals surface area (Å²) < 4.78 is 6.65. The number of ether oxygens (including phenoxy) is 1. The minimum atomic E-state index is -0.521. The summed E-state index contributed by atoms with van der Waals surface area (Å²) >= 11 is 1.52. The van der Waals surface area contributed by atoms with E-state index in [2.05, 4.69) is 5.92 Å². The molecule has 0 fully saturated rings. The summed E-state index contributed by atoms with van der Waals surface area (Å²) in [6.45, 7) is -0.0819. The van der Waals surface area contributed by atoms with Crippen molar-refractivity contribution in [1.29, 1.82) is 0 Å². The van der Waals surface area contributed by atoms with Crippen LogP contribution in [0.15, 0.2) is 47.3 Å². The maximum absolute atomic E-state index is 12.5. The van der Waals surface area contributed by atoms with E-state index in [1.54, 1.807) is 24.3 Å². The van der Waals surface area contributed by atoms with Gasteiger partial charge in [0.05, 0.1) is 5.56 Å². The number of carbonyl (C=O) groups excluding carboxylic acids is 1. The van der Waals surface area contributed by atoms with Crippen LogP contribution in [-0.2, 0) is 4.74 Å². The van der Waals surface area contributed by atoms with E-state index in [-0.39, 0.29) is 12.0 Å². The highest BCUT2D eigenvalue weighted by molar-refractivity contribution is 7.24. The van der Waals surface area contributed by atoms with E-state index in [0.717, 1.165) is 9.40 Å². The molecule has 0 aliphatic carbocycles. The lowest BCUT2D eigenvalue weighted by molar-refractivity contribution is 0.0557. The highest BCUT2D eigenvalue weighted by atomic mass is 32.1. The molecule has 0 saturated heterocycles. The van der Waals surface area contributed by atoms with E-state index in [1.807, 2.05) is 18.2 Å². The van der Waals surface area contributed by atoms with Crippen molar-refractivity contribution in [3.63, 3.8) is 0 Å². The van der Waals surface area contributed by atoms with Crippen molar-refractivity contribution in [3.05, 3.63) is 58.3 Å². The molecule has 1 heterocycles. The zero-order valence-electron chi connectivity index (χ0n) is 11.0. The number of hydrogen-bond donors (Lipinski definition) is 0. The summed E-state index contributed by atoms with van der Waals surface area (Å²) in [5, 5.41) is 1.18. The van der Waals surface area contributed by atoms with Crippen LogP contribution in [0, 0.1) is 12.3 Å². The number of fused-ring (bicyclic) bond motifs is 2. The largest absolute Gasteiger partial charge is 0.449 e. The summed E-state index contributed by atoms with van der Waals surface area (Å²) in [6, 6.07) is 12.4. The van der Waals surface area contributed by atoms with Gasteiger partial charge in [-0.3, -0.25) is 4.79 Å². The van der Waals surface area contributed by atoms with Gasteiger partial charge in [0.15, 0.2) is 12.0 Å². The van der Waals surface area contributed by atoms with Crippen LogP contribution in [0.2, 0.25) is 0 Å². The summed E-state index contributed by atoms with van der Waals surface area (Å²) in [7, 11) is 0. The zero-order valence-corrected chi connectivity index (χ0v) is 11.8. The first-order valence-corrected chi connectivity index (χ1v) is 7.08. The molecule has 1 aromatic heterocycles. The van der Waals surface area contributed by atoms with Crippen molar-refractivity contribution in [3.8, 4) is 12.3 Å². The molecule has 0 aliphatic rings. The molecule has 0 radical (unpaired) electrons. The van der Waals surface area contributed by atoms with Crippen LogP contribution in [0.1, 0.15) is 10.4 Å². The van der Waals surface area contributed by atoms with Gasteiger partial charge in [0, 0.05) is 20.2 Å². The average Bonchev–Trinajstić information content (AvgIpc) is 2.52. The fourth-order valence-corrected chi connectivity index (χ4v) is 3.17. The molecule has 0 spiro atoms. The van der Waals surface area contributed by atoms with Gasteiger partial charge < -0.3 is 4.74 Å². The first kappa shape index (κ1) is 13.3. The number of esters is 1. The molecule has 0 N–H and O–H groups in total. The molecule has 3 nitrogen and oxygen atoms in total. The van der Waals surface area contributed by atoms with E-state index in [9.17, 15) is 9.59 Å². The van der Waals surface area contributed by atoms with Crippen molar-refractivity contribution in [1.82, 2.24) is 0 Å². The predicted molar refractivity (Wildman–Crippen MR) is 84.7 cm³/mol. The van der Waals surface area contributed by atoms with E-state index in [1.165, 1.54) is 11.3 Å². The van der Waals surface area contributed by atoms with Crippen molar-refractivity contribution >= 4 is 37.5 Å². The molecule has 0 saturated carbocycles. The van der Waals surface area contributed by atoms with Gasteiger partial charge in [-0.05, 0) is 30.3 Å². The number of benzene rings is 2. The highest BCUT2D eigenvalue weighted by Gasteiger charge is 2.11. The molecular weight excluding hydrogens is 284 g/mol. The Bertz CT molecular complexity index is 948. The summed E-state index contributed by atoms with van der Waals surface area (Å²) in [4.78, 5) is 24.3. The van der Waals surface area contributed by atoms with E-state index in [4.69, 9.17) is 11.2 Å². The first-order chi connectivity index (χ1) is 10.2. The lowest BCUT2D eigenvalue weighted by Crippen LogP contribution is -2.07. The molecule has 4 heteroatoms. The molecule has 2 aromatic carbocycles. The van der Waals surface area contributed by atoms with Crippen LogP contribution in [0.3, 0.4) is 0 Å². The molecule has 3 aromatic rings. The minimum absolute atomic E-state index is 0.0778. The monoisotopic (exact) mass is 294 g/mol. The Morgan fingerprint density at radius 1 is 1.14 bits per heavy atom. The topological polar surface area (TPSA) is 43.4 Å². The van der Waals surface area contributed by atoms with Crippen molar-refractivity contribution in [2.45, 2.75) is 0 Å². The number of hydrogen-bond acceptors (Lipinski definition) is 4. The fourth-order valence-electron chi connectivity index (χ4n) is 2.12. The van der Waals surface area contributed by atoms with Crippen LogP contribution in [0.4, 0.5) is 0 Å². The normalized spacial score (nSPS) is 10.4. The Kier molecular flexibility index (Phi) is 3.43. The third kappa shape index (κ3) is 2.39. The van der Waals surface area contributed by atoms with Gasteiger partial charge in [-0.2, -0.15) is 0 Å². The van der Waals surface area contributed by atoms with Crippen molar-refractivity contribution < 1.29 is 9.53 Å². The van der Waals surface area contributed by atoms with E-state index >= 15 is 0 Å². The Balaban J connectivity index is 2.20. The van der Waals surface area contributed by atoms with Crippen LogP contribution < -0.4 is 5.43 Å². The maximum Gasteiger partial charge on any atom is 0.339 e. The Hall–Kier alpha value is -2.64. The Morgan fingerprint density at radius 2 is 1.90 bits per heavy atom. The molecule has 0 bridgehead atoms. The van der Waals surface area contributed by atoms with Crippen LogP contribution in [-0.4, -0.2) is 12.6 Å². The second-order valence-electron chi connectivity index (χ2n) is 4.42. The molecule has 0 atom stereocenters. The standard InChI is InChI=1S/C17H10O3S/c1-2-9-20-17(19)11-7-8-15-13(10-11)16(18)12-5-3-4-6-14(12)21-15/h1,3-8,10H,9H2. The molecule has 3 rings (SSSR count). The molecule has 0 aliphatic heterocycles.